The summed E-state index contributed by atoms with van der Waals surface area (Å²) >= 11 is 1.53. The first-order valence-electron chi connectivity index (χ1n) is 9.52. The lowest BCUT2D eigenvalue weighted by Gasteiger charge is -2.17. The summed E-state index contributed by atoms with van der Waals surface area (Å²) < 4.78 is 11.6. The number of rotatable bonds is 5. The predicted molar refractivity (Wildman–Crippen MR) is 121 cm³/mol. The summed E-state index contributed by atoms with van der Waals surface area (Å²) in [6.07, 6.45) is 2.70. The van der Waals surface area contributed by atoms with Gasteiger partial charge in [-0.15, -0.1) is 11.3 Å². The van der Waals surface area contributed by atoms with Crippen molar-refractivity contribution in [2.75, 3.05) is 26.1 Å². The van der Waals surface area contributed by atoms with E-state index in [0.29, 0.717) is 0 Å². The van der Waals surface area contributed by atoms with Gasteiger partial charge in [-0.2, -0.15) is 0 Å². The van der Waals surface area contributed by atoms with Gasteiger partial charge in [-0.25, -0.2) is 9.98 Å². The zero-order chi connectivity index (χ0) is 20.6. The van der Waals surface area contributed by atoms with Crippen molar-refractivity contribution in [3.8, 4) is 22.8 Å². The van der Waals surface area contributed by atoms with E-state index in [0.717, 1.165) is 51.1 Å². The molecule has 0 amide bonds. The molecule has 1 aliphatic heterocycles. The molecule has 150 valence electrons. The summed E-state index contributed by atoms with van der Waals surface area (Å²) in [7, 11) is 5.73. The van der Waals surface area contributed by atoms with Gasteiger partial charge in [-0.05, 0) is 43.7 Å². The highest BCUT2D eigenvalue weighted by Gasteiger charge is 2.33. The number of methoxy groups -OCH3 is 1. The number of ether oxygens (including phenoxy) is 2. The Hall–Kier alpha value is -2.86. The van der Waals surface area contributed by atoms with Crippen molar-refractivity contribution < 1.29 is 9.47 Å². The minimum atomic E-state index is -0.214. The van der Waals surface area contributed by atoms with E-state index in [1.807, 2.05) is 31.8 Å². The quantitative estimate of drug-likeness (QED) is 0.535. The second kappa shape index (κ2) is 7.52. The number of aromatic nitrogens is 1. The van der Waals surface area contributed by atoms with Crippen LogP contribution in [0.15, 0.2) is 46.8 Å². The third-order valence-corrected chi connectivity index (χ3v) is 5.62. The van der Waals surface area contributed by atoms with Crippen molar-refractivity contribution in [3.63, 3.8) is 0 Å². The van der Waals surface area contributed by atoms with Crippen LogP contribution in [0.3, 0.4) is 0 Å². The molecule has 0 atom stereocenters. The van der Waals surface area contributed by atoms with Gasteiger partial charge in [0.2, 0.25) is 5.13 Å². The summed E-state index contributed by atoms with van der Waals surface area (Å²) in [5.41, 5.74) is 5.07. The van der Waals surface area contributed by atoms with E-state index in [9.17, 15) is 0 Å². The SMILES string of the molecule is COc1cc(-c2csc(/N=C/c3ccc(N(C)C)cc3)n2)cc2c1OC(C)(C)C2. The van der Waals surface area contributed by atoms with Gasteiger partial charge in [-0.3, -0.25) is 0 Å². The molecule has 0 saturated carbocycles. The molecule has 0 radical (unpaired) electrons. The second-order valence-corrected chi connectivity index (χ2v) is 8.80. The number of anilines is 1. The highest BCUT2D eigenvalue weighted by molar-refractivity contribution is 7.13. The van der Waals surface area contributed by atoms with Crippen LogP contribution in [0, 0.1) is 0 Å². The molecule has 2 heterocycles. The van der Waals surface area contributed by atoms with Crippen LogP contribution in [0.2, 0.25) is 0 Å². The Bertz CT molecular complexity index is 1050. The Kier molecular flexibility index (Phi) is 5.04. The van der Waals surface area contributed by atoms with Gasteiger partial charge in [0, 0.05) is 48.9 Å². The monoisotopic (exact) mass is 407 g/mol. The molecule has 3 aromatic rings. The van der Waals surface area contributed by atoms with Gasteiger partial charge in [0.05, 0.1) is 12.8 Å². The molecule has 0 aliphatic carbocycles. The molecule has 0 N–H and O–H groups in total. The molecule has 0 unspecified atom stereocenters. The smallest absolute Gasteiger partial charge is 0.209 e. The van der Waals surface area contributed by atoms with Gasteiger partial charge < -0.3 is 14.4 Å². The van der Waals surface area contributed by atoms with Crippen molar-refractivity contribution in [3.05, 3.63) is 52.9 Å². The van der Waals surface area contributed by atoms with Crippen LogP contribution in [-0.2, 0) is 6.42 Å². The van der Waals surface area contributed by atoms with Gasteiger partial charge in [-0.1, -0.05) is 12.1 Å². The third kappa shape index (κ3) is 4.12. The number of thiazole rings is 1. The van der Waals surface area contributed by atoms with Gasteiger partial charge in [0.15, 0.2) is 11.5 Å². The average Bonchev–Trinajstić information content (AvgIpc) is 3.28. The van der Waals surface area contributed by atoms with Crippen LogP contribution in [0.1, 0.15) is 25.0 Å². The lowest BCUT2D eigenvalue weighted by Crippen LogP contribution is -2.24. The van der Waals surface area contributed by atoms with E-state index >= 15 is 0 Å². The lowest BCUT2D eigenvalue weighted by molar-refractivity contribution is 0.134. The normalized spacial score (nSPS) is 14.7. The Labute approximate surface area is 175 Å². The Balaban J connectivity index is 1.57. The molecule has 6 heteroatoms. The fraction of sp³-hybridized carbons (Fsp3) is 0.304. The number of fused-ring (bicyclic) bond motifs is 1. The average molecular weight is 408 g/mol. The summed E-state index contributed by atoms with van der Waals surface area (Å²) in [5, 5.41) is 2.76. The fourth-order valence-electron chi connectivity index (χ4n) is 3.42. The number of benzene rings is 2. The van der Waals surface area contributed by atoms with Crippen molar-refractivity contribution >= 4 is 28.4 Å². The Morgan fingerprint density at radius 3 is 2.66 bits per heavy atom. The zero-order valence-corrected chi connectivity index (χ0v) is 18.2. The predicted octanol–water partition coefficient (Wildman–Crippen LogP) is 5.35. The van der Waals surface area contributed by atoms with Crippen LogP contribution in [0.25, 0.3) is 11.3 Å². The summed E-state index contributed by atoms with van der Waals surface area (Å²) in [6.45, 7) is 4.18. The first-order valence-corrected chi connectivity index (χ1v) is 10.4. The van der Waals surface area contributed by atoms with Crippen LogP contribution >= 0.6 is 11.3 Å². The number of hydrogen-bond donors (Lipinski definition) is 0. The molecule has 1 aliphatic rings. The van der Waals surface area contributed by atoms with E-state index in [2.05, 4.69) is 54.1 Å². The largest absolute Gasteiger partial charge is 0.493 e. The van der Waals surface area contributed by atoms with Crippen molar-refractivity contribution in [1.82, 2.24) is 4.98 Å². The van der Waals surface area contributed by atoms with Crippen molar-refractivity contribution in [1.29, 1.82) is 0 Å². The maximum Gasteiger partial charge on any atom is 0.209 e. The van der Waals surface area contributed by atoms with Crippen molar-refractivity contribution in [2.45, 2.75) is 25.9 Å². The highest BCUT2D eigenvalue weighted by Crippen LogP contribution is 2.44. The highest BCUT2D eigenvalue weighted by atomic mass is 32.1. The minimum absolute atomic E-state index is 0.214. The van der Waals surface area contributed by atoms with E-state index in [-0.39, 0.29) is 5.60 Å². The third-order valence-electron chi connectivity index (χ3n) is 4.87. The Morgan fingerprint density at radius 2 is 1.97 bits per heavy atom. The molecule has 0 spiro atoms. The van der Waals surface area contributed by atoms with Crippen LogP contribution < -0.4 is 14.4 Å². The summed E-state index contributed by atoms with van der Waals surface area (Å²) in [4.78, 5) is 11.3. The number of nitrogens with zero attached hydrogens (tertiary/aromatic N) is 3. The Morgan fingerprint density at radius 1 is 1.21 bits per heavy atom. The molecule has 0 fully saturated rings. The maximum absolute atomic E-state index is 6.05. The topological polar surface area (TPSA) is 47.0 Å². The molecule has 1 aromatic heterocycles. The summed E-state index contributed by atoms with van der Waals surface area (Å²) in [5.74, 6) is 1.60. The molecule has 4 rings (SSSR count). The molecular weight excluding hydrogens is 382 g/mol. The number of aliphatic imine (C=N–C) groups is 1. The van der Waals surface area contributed by atoms with Crippen LogP contribution in [0.5, 0.6) is 11.5 Å². The lowest BCUT2D eigenvalue weighted by atomic mass is 9.99. The zero-order valence-electron chi connectivity index (χ0n) is 17.4. The first-order chi connectivity index (χ1) is 13.8. The van der Waals surface area contributed by atoms with Gasteiger partial charge in [0.25, 0.3) is 0 Å². The molecule has 0 bridgehead atoms. The van der Waals surface area contributed by atoms with Gasteiger partial charge in [0.1, 0.15) is 5.60 Å². The fourth-order valence-corrected chi connectivity index (χ4v) is 4.09. The van der Waals surface area contributed by atoms with E-state index < -0.39 is 0 Å². The van der Waals surface area contributed by atoms with E-state index in [1.165, 1.54) is 11.3 Å². The van der Waals surface area contributed by atoms with Crippen molar-refractivity contribution in [2.24, 2.45) is 4.99 Å². The molecule has 0 saturated heterocycles. The summed E-state index contributed by atoms with van der Waals surface area (Å²) in [6, 6.07) is 12.4. The first kappa shape index (κ1) is 19.5. The van der Waals surface area contributed by atoms with E-state index in [4.69, 9.17) is 14.5 Å². The van der Waals surface area contributed by atoms with Gasteiger partial charge >= 0.3 is 0 Å². The molecular formula is C23H25N3O2S. The van der Waals surface area contributed by atoms with Crippen LogP contribution in [-0.4, -0.2) is 38.0 Å². The minimum Gasteiger partial charge on any atom is -0.493 e. The van der Waals surface area contributed by atoms with Crippen LogP contribution in [0.4, 0.5) is 10.8 Å². The second-order valence-electron chi connectivity index (χ2n) is 7.96. The standard InChI is InChI=1S/C23H25N3O2S/c1-23(2)12-17-10-16(11-20(27-5)21(17)28-23)19-14-29-22(25-19)24-13-15-6-8-18(9-7-15)26(3)4/h6-11,13-14H,12H2,1-5H3/b24-13+. The number of hydrogen-bond acceptors (Lipinski definition) is 6. The molecule has 5 nitrogen and oxygen atoms in total. The maximum atomic E-state index is 6.05. The molecule has 2 aromatic carbocycles. The van der Waals surface area contributed by atoms with E-state index in [1.54, 1.807) is 7.11 Å². The molecule has 29 heavy (non-hydrogen) atoms.